The van der Waals surface area contributed by atoms with E-state index in [-0.39, 0.29) is 22.9 Å². The van der Waals surface area contributed by atoms with Gasteiger partial charge in [0.1, 0.15) is 22.7 Å². The number of Topliss-reactive ketones (excluding diaryl/α,β-unsaturated/α-hetero) is 1. The van der Waals surface area contributed by atoms with Crippen LogP contribution >= 0.6 is 0 Å². The zero-order valence-corrected chi connectivity index (χ0v) is 19.6. The lowest BCUT2D eigenvalue weighted by atomic mass is 9.65. The van der Waals surface area contributed by atoms with Crippen molar-refractivity contribution in [3.63, 3.8) is 0 Å². The number of hydrogen-bond donors (Lipinski definition) is 1. The Hall–Kier alpha value is -3.28. The molecule has 1 saturated carbocycles. The molecule has 33 heavy (non-hydrogen) atoms. The number of phenolic OH excluding ortho intramolecular Hbond substituents is 1. The molecular weight excluding hydrogens is 414 g/mol. The van der Waals surface area contributed by atoms with Crippen molar-refractivity contribution in [3.8, 4) is 11.5 Å². The van der Waals surface area contributed by atoms with Gasteiger partial charge in [-0.1, -0.05) is 26.8 Å². The molecule has 6 heteroatoms. The lowest BCUT2D eigenvalue weighted by Crippen LogP contribution is -2.34. The highest BCUT2D eigenvalue weighted by atomic mass is 16.5. The molecule has 1 N–H and O–H groups in total. The Morgan fingerprint density at radius 1 is 1.21 bits per heavy atom. The molecule has 6 nitrogen and oxygen atoms in total. The summed E-state index contributed by atoms with van der Waals surface area (Å²) in [6.45, 7) is 8.22. The highest BCUT2D eigenvalue weighted by Crippen LogP contribution is 2.54. The van der Waals surface area contributed by atoms with Crippen molar-refractivity contribution in [1.82, 2.24) is 9.55 Å². The van der Waals surface area contributed by atoms with E-state index in [0.29, 0.717) is 22.6 Å². The minimum Gasteiger partial charge on any atom is -0.507 e. The molecular formula is C27H29N3O3. The summed E-state index contributed by atoms with van der Waals surface area (Å²) in [6.07, 6.45) is 9.29. The molecule has 2 fully saturated rings. The average Bonchev–Trinajstić information content (AvgIpc) is 3.31. The number of pyridine rings is 1. The third-order valence-electron chi connectivity index (χ3n) is 7.55. The molecule has 2 aliphatic heterocycles. The number of hydrogen-bond acceptors (Lipinski definition) is 5. The van der Waals surface area contributed by atoms with Crippen molar-refractivity contribution in [2.45, 2.75) is 46.1 Å². The number of ether oxygens (including phenoxy) is 1. The number of rotatable bonds is 2. The first kappa shape index (κ1) is 20.3. The quantitative estimate of drug-likeness (QED) is 0.545. The van der Waals surface area contributed by atoms with Crippen LogP contribution in [0.15, 0.2) is 42.4 Å². The Morgan fingerprint density at radius 2 is 2.03 bits per heavy atom. The highest BCUT2D eigenvalue weighted by molar-refractivity contribution is 6.17. The molecule has 0 radical (unpaired) electrons. The molecule has 1 saturated heterocycles. The first-order valence-electron chi connectivity index (χ1n) is 11.6. The molecule has 4 heterocycles. The minimum absolute atomic E-state index is 0.0543. The van der Waals surface area contributed by atoms with E-state index in [9.17, 15) is 9.90 Å². The summed E-state index contributed by atoms with van der Waals surface area (Å²) < 4.78 is 7.85. The second-order valence-electron chi connectivity index (χ2n) is 11.2. The number of benzene rings is 1. The van der Waals surface area contributed by atoms with Gasteiger partial charge >= 0.3 is 0 Å². The summed E-state index contributed by atoms with van der Waals surface area (Å²) in [5, 5.41) is 11.2. The maximum absolute atomic E-state index is 13.0. The fourth-order valence-corrected chi connectivity index (χ4v) is 6.77. The van der Waals surface area contributed by atoms with Gasteiger partial charge in [0.05, 0.1) is 5.69 Å². The fraction of sp³-hybridized carbons (Fsp3) is 0.407. The third kappa shape index (κ3) is 3.07. The number of aromatic hydroxyl groups is 1. The summed E-state index contributed by atoms with van der Waals surface area (Å²) in [5.41, 5.74) is 3.82. The second-order valence-corrected chi connectivity index (χ2v) is 11.2. The number of aryl methyl sites for hydroxylation is 1. The minimum atomic E-state index is -0.295. The number of ketones is 1. The van der Waals surface area contributed by atoms with Crippen LogP contribution in [0.2, 0.25) is 0 Å². The average molecular weight is 444 g/mol. The zero-order chi connectivity index (χ0) is 23.1. The van der Waals surface area contributed by atoms with E-state index in [1.807, 2.05) is 24.0 Å². The smallest absolute Gasteiger partial charge is 0.235 e. The van der Waals surface area contributed by atoms with Crippen molar-refractivity contribution >= 4 is 28.6 Å². The van der Waals surface area contributed by atoms with Gasteiger partial charge < -0.3 is 19.3 Å². The van der Waals surface area contributed by atoms with Gasteiger partial charge in [-0.15, -0.1) is 0 Å². The van der Waals surface area contributed by atoms with Crippen molar-refractivity contribution < 1.29 is 14.6 Å². The Labute approximate surface area is 193 Å². The summed E-state index contributed by atoms with van der Waals surface area (Å²) in [6, 6.07) is 7.50. The van der Waals surface area contributed by atoms with E-state index in [1.54, 1.807) is 18.2 Å². The topological polar surface area (TPSA) is 67.6 Å². The number of phenols is 1. The number of fused-ring (bicyclic) bond motifs is 4. The second kappa shape index (κ2) is 6.62. The molecule has 2 aromatic heterocycles. The first-order valence-corrected chi connectivity index (χ1v) is 11.6. The summed E-state index contributed by atoms with van der Waals surface area (Å²) in [4.78, 5) is 20.2. The van der Waals surface area contributed by atoms with Crippen LogP contribution in [0.1, 0.15) is 56.0 Å². The van der Waals surface area contributed by atoms with Gasteiger partial charge in [-0.2, -0.15) is 0 Å². The molecule has 170 valence electrons. The molecule has 0 amide bonds. The van der Waals surface area contributed by atoms with E-state index in [0.717, 1.165) is 23.1 Å². The maximum Gasteiger partial charge on any atom is 0.235 e. The van der Waals surface area contributed by atoms with Crippen molar-refractivity contribution in [2.75, 3.05) is 11.4 Å². The van der Waals surface area contributed by atoms with Crippen LogP contribution in [-0.4, -0.2) is 33.0 Å². The van der Waals surface area contributed by atoms with Crippen LogP contribution in [-0.2, 0) is 7.05 Å². The number of carbonyl (C=O) groups excluding carboxylic acids is 1. The van der Waals surface area contributed by atoms with Crippen molar-refractivity contribution in [2.24, 2.45) is 17.9 Å². The van der Waals surface area contributed by atoms with Crippen LogP contribution in [0.5, 0.6) is 11.5 Å². The standard InChI is InChI=1S/C27H29N3O3/c1-26(2)11-17-12-27(3,14-26)15-30(17)18-8-9-28-25-22(18)16(13-29(25)4)10-21-24(32)23-19(31)6-5-7-20(23)33-21/h5-10,13,17,31H,11-12,14-15H2,1-4H3/b21-10-. The molecule has 2 atom stereocenters. The predicted octanol–water partition coefficient (Wildman–Crippen LogP) is 5.30. The van der Waals surface area contributed by atoms with E-state index in [2.05, 4.69) is 36.7 Å². The maximum atomic E-state index is 13.0. The molecule has 3 aliphatic rings. The van der Waals surface area contributed by atoms with Gasteiger partial charge in [-0.25, -0.2) is 4.98 Å². The first-order chi connectivity index (χ1) is 15.6. The van der Waals surface area contributed by atoms with Gasteiger partial charge in [0, 0.05) is 43.0 Å². The van der Waals surface area contributed by atoms with Gasteiger partial charge in [0.2, 0.25) is 5.78 Å². The number of aromatic nitrogens is 2. The number of anilines is 1. The van der Waals surface area contributed by atoms with Crippen molar-refractivity contribution in [3.05, 3.63) is 53.5 Å². The molecule has 6 rings (SSSR count). The van der Waals surface area contributed by atoms with Gasteiger partial charge in [-0.05, 0) is 54.4 Å². The predicted molar refractivity (Wildman–Crippen MR) is 129 cm³/mol. The highest BCUT2D eigenvalue weighted by Gasteiger charge is 2.50. The summed E-state index contributed by atoms with van der Waals surface area (Å²) in [5.74, 6) is 0.272. The lowest BCUT2D eigenvalue weighted by Gasteiger charge is -2.39. The monoisotopic (exact) mass is 443 g/mol. The third-order valence-corrected chi connectivity index (χ3v) is 7.55. The Balaban J connectivity index is 1.47. The molecule has 3 aromatic rings. The van der Waals surface area contributed by atoms with Crippen LogP contribution in [0.3, 0.4) is 0 Å². The van der Waals surface area contributed by atoms with Gasteiger partial charge in [0.15, 0.2) is 5.76 Å². The van der Waals surface area contributed by atoms with Crippen molar-refractivity contribution in [1.29, 1.82) is 0 Å². The normalized spacial score (nSPS) is 26.8. The molecule has 0 spiro atoms. The largest absolute Gasteiger partial charge is 0.507 e. The van der Waals surface area contributed by atoms with Gasteiger partial charge in [-0.3, -0.25) is 4.79 Å². The Kier molecular flexibility index (Phi) is 4.08. The number of nitrogens with zero attached hydrogens (tertiary/aromatic N) is 3. The van der Waals surface area contributed by atoms with Crippen LogP contribution in [0.25, 0.3) is 17.1 Å². The number of carbonyl (C=O) groups is 1. The van der Waals surface area contributed by atoms with E-state index in [4.69, 9.17) is 4.74 Å². The zero-order valence-electron chi connectivity index (χ0n) is 19.6. The summed E-state index contributed by atoms with van der Waals surface area (Å²) in [7, 11) is 1.98. The van der Waals surface area contributed by atoms with E-state index < -0.39 is 0 Å². The lowest BCUT2D eigenvalue weighted by molar-refractivity contribution is 0.101. The molecule has 2 bridgehead atoms. The number of allylic oxidation sites excluding steroid dienone is 1. The van der Waals surface area contributed by atoms with Crippen LogP contribution in [0, 0.1) is 10.8 Å². The van der Waals surface area contributed by atoms with Gasteiger partial charge in [0.25, 0.3) is 0 Å². The van der Waals surface area contributed by atoms with Crippen LogP contribution < -0.4 is 9.64 Å². The summed E-state index contributed by atoms with van der Waals surface area (Å²) >= 11 is 0. The molecule has 2 unspecified atom stereocenters. The van der Waals surface area contributed by atoms with Crippen LogP contribution in [0.4, 0.5) is 5.69 Å². The van der Waals surface area contributed by atoms with E-state index >= 15 is 0 Å². The Morgan fingerprint density at radius 3 is 2.82 bits per heavy atom. The Bertz CT molecular complexity index is 1350. The molecule has 1 aromatic carbocycles. The fourth-order valence-electron chi connectivity index (χ4n) is 6.77. The molecule has 1 aliphatic carbocycles. The SMILES string of the molecule is Cn1cc(/C=C2\Oc3cccc(O)c3C2=O)c2c(N3CC4(C)CC3CC(C)(C)C4)ccnc21. The van der Waals surface area contributed by atoms with E-state index in [1.165, 1.54) is 31.0 Å².